The van der Waals surface area contributed by atoms with Crippen LogP contribution in [0.2, 0.25) is 0 Å². The fraction of sp³-hybridized carbons (Fsp3) is 0.550. The lowest BCUT2D eigenvalue weighted by atomic mass is 9.79. The largest absolute Gasteiger partial charge is 0.383 e. The fourth-order valence-corrected chi connectivity index (χ4v) is 4.41. The van der Waals surface area contributed by atoms with Gasteiger partial charge in [0.2, 0.25) is 0 Å². The van der Waals surface area contributed by atoms with Gasteiger partial charge in [0.1, 0.15) is 11.4 Å². The number of hydrogen-bond donors (Lipinski definition) is 1. The van der Waals surface area contributed by atoms with Crippen molar-refractivity contribution in [3.05, 3.63) is 54.1 Å². The molecule has 134 valence electrons. The van der Waals surface area contributed by atoms with Gasteiger partial charge in [0.05, 0.1) is 12.6 Å². The topological polar surface area (TPSA) is 44.5 Å². The van der Waals surface area contributed by atoms with E-state index in [1.54, 1.807) is 0 Å². The van der Waals surface area contributed by atoms with Crippen molar-refractivity contribution in [3.8, 4) is 0 Å². The summed E-state index contributed by atoms with van der Waals surface area (Å²) >= 11 is 0. The number of rotatable bonds is 4. The Morgan fingerprint density at radius 2 is 1.92 bits per heavy atom. The number of aliphatic hydroxyl groups is 1. The Morgan fingerprint density at radius 1 is 1.16 bits per heavy atom. The molecule has 0 bridgehead atoms. The van der Waals surface area contributed by atoms with E-state index in [9.17, 15) is 5.11 Å². The Balaban J connectivity index is 1.58. The van der Waals surface area contributed by atoms with E-state index < -0.39 is 5.60 Å². The quantitative estimate of drug-likeness (QED) is 0.924. The van der Waals surface area contributed by atoms with Crippen LogP contribution >= 0.6 is 0 Å². The van der Waals surface area contributed by atoms with Crippen LogP contribution in [0.3, 0.4) is 0 Å². The van der Waals surface area contributed by atoms with Crippen molar-refractivity contribution >= 4 is 0 Å². The number of piperidine rings is 1. The van der Waals surface area contributed by atoms with Crippen LogP contribution in [0.4, 0.5) is 0 Å². The molecule has 0 unspecified atom stereocenters. The lowest BCUT2D eigenvalue weighted by Crippen LogP contribution is -2.60. The number of likely N-dealkylation sites (tertiary alicyclic amines) is 2. The summed E-state index contributed by atoms with van der Waals surface area (Å²) in [5, 5.41) is 11.7. The lowest BCUT2D eigenvalue weighted by Gasteiger charge is -2.48. The van der Waals surface area contributed by atoms with Gasteiger partial charge in [-0.15, -0.1) is 0 Å². The molecule has 1 aromatic carbocycles. The van der Waals surface area contributed by atoms with Gasteiger partial charge in [-0.1, -0.05) is 30.3 Å². The van der Waals surface area contributed by atoms with Gasteiger partial charge < -0.3 is 9.67 Å². The zero-order chi connectivity index (χ0) is 17.3. The first-order valence-corrected chi connectivity index (χ1v) is 9.37. The summed E-state index contributed by atoms with van der Waals surface area (Å²) in [6.45, 7) is 4.81. The Hall–Kier alpha value is -1.69. The van der Waals surface area contributed by atoms with Crippen LogP contribution < -0.4 is 0 Å². The summed E-state index contributed by atoms with van der Waals surface area (Å²) in [4.78, 5) is 9.42. The van der Waals surface area contributed by atoms with Crippen LogP contribution in [0, 0.1) is 0 Å². The summed E-state index contributed by atoms with van der Waals surface area (Å²) in [5.74, 6) is 1.09. The van der Waals surface area contributed by atoms with Crippen LogP contribution in [0.15, 0.2) is 42.7 Å². The third kappa shape index (κ3) is 3.24. The molecule has 0 amide bonds. The van der Waals surface area contributed by atoms with E-state index in [1.165, 1.54) is 12.8 Å². The molecule has 4 rings (SSSR count). The number of benzene rings is 1. The van der Waals surface area contributed by atoms with Crippen LogP contribution in [0.25, 0.3) is 0 Å². The molecule has 0 spiro atoms. The van der Waals surface area contributed by atoms with Crippen molar-refractivity contribution < 1.29 is 5.11 Å². The molecule has 2 fully saturated rings. The normalized spacial score (nSPS) is 28.5. The van der Waals surface area contributed by atoms with Gasteiger partial charge in [-0.2, -0.15) is 0 Å². The SMILES string of the molecule is Cn1ccnc1CN1CC[C@](O)(c2ccccc2)[C@H](N2CCCC2)C1. The van der Waals surface area contributed by atoms with E-state index in [-0.39, 0.29) is 6.04 Å². The van der Waals surface area contributed by atoms with Crippen molar-refractivity contribution in [2.45, 2.75) is 37.5 Å². The molecule has 0 saturated carbocycles. The molecule has 1 aromatic heterocycles. The first-order chi connectivity index (χ1) is 12.2. The monoisotopic (exact) mass is 340 g/mol. The van der Waals surface area contributed by atoms with Crippen molar-refractivity contribution in [2.24, 2.45) is 7.05 Å². The van der Waals surface area contributed by atoms with E-state index in [4.69, 9.17) is 0 Å². The van der Waals surface area contributed by atoms with Gasteiger partial charge >= 0.3 is 0 Å². The number of imidazole rings is 1. The number of nitrogens with zero attached hydrogens (tertiary/aromatic N) is 4. The minimum atomic E-state index is -0.760. The minimum Gasteiger partial charge on any atom is -0.383 e. The first-order valence-electron chi connectivity index (χ1n) is 9.37. The van der Waals surface area contributed by atoms with Gasteiger partial charge in [-0.25, -0.2) is 4.98 Å². The molecule has 2 aliphatic rings. The van der Waals surface area contributed by atoms with Crippen molar-refractivity contribution in [1.82, 2.24) is 19.4 Å². The summed E-state index contributed by atoms with van der Waals surface area (Å²) in [6, 6.07) is 10.4. The lowest BCUT2D eigenvalue weighted by molar-refractivity contribution is -0.0963. The van der Waals surface area contributed by atoms with E-state index in [0.29, 0.717) is 0 Å². The Morgan fingerprint density at radius 3 is 2.60 bits per heavy atom. The number of aromatic nitrogens is 2. The highest BCUT2D eigenvalue weighted by atomic mass is 16.3. The maximum atomic E-state index is 11.7. The summed E-state index contributed by atoms with van der Waals surface area (Å²) in [7, 11) is 2.05. The van der Waals surface area contributed by atoms with Crippen LogP contribution in [0.1, 0.15) is 30.7 Å². The van der Waals surface area contributed by atoms with E-state index >= 15 is 0 Å². The molecule has 25 heavy (non-hydrogen) atoms. The predicted molar refractivity (Wildman–Crippen MR) is 98.0 cm³/mol. The van der Waals surface area contributed by atoms with Gasteiger partial charge in [0, 0.05) is 32.5 Å². The molecule has 1 N–H and O–H groups in total. The number of aryl methyl sites for hydroxylation is 1. The van der Waals surface area contributed by atoms with Crippen LogP contribution in [0.5, 0.6) is 0 Å². The highest BCUT2D eigenvalue weighted by molar-refractivity contribution is 5.26. The molecule has 2 saturated heterocycles. The average Bonchev–Trinajstić information content (AvgIpc) is 3.30. The van der Waals surface area contributed by atoms with E-state index in [1.807, 2.05) is 37.6 Å². The maximum Gasteiger partial charge on any atom is 0.122 e. The minimum absolute atomic E-state index is 0.145. The second-order valence-electron chi connectivity index (χ2n) is 7.49. The predicted octanol–water partition coefficient (Wildman–Crippen LogP) is 1.98. The summed E-state index contributed by atoms with van der Waals surface area (Å²) in [5.41, 5.74) is 0.299. The van der Waals surface area contributed by atoms with Gasteiger partial charge in [-0.3, -0.25) is 9.80 Å². The molecular formula is C20H28N4O. The second-order valence-corrected chi connectivity index (χ2v) is 7.49. The fourth-order valence-electron chi connectivity index (χ4n) is 4.41. The van der Waals surface area contributed by atoms with Gasteiger partial charge in [-0.05, 0) is 37.9 Å². The standard InChI is InChI=1S/C20H28N4O/c1-22-14-10-21-19(22)16-23-13-9-20(25,17-7-3-2-4-8-17)18(15-23)24-11-5-6-12-24/h2-4,7-8,10,14,18,25H,5-6,9,11-13,15-16H2,1H3/t18-,20+/m1/s1. The third-order valence-corrected chi connectivity index (χ3v) is 5.93. The molecule has 2 aromatic rings. The van der Waals surface area contributed by atoms with Crippen molar-refractivity contribution in [3.63, 3.8) is 0 Å². The van der Waals surface area contributed by atoms with Gasteiger partial charge in [0.25, 0.3) is 0 Å². The highest BCUT2D eigenvalue weighted by Gasteiger charge is 2.46. The average molecular weight is 340 g/mol. The van der Waals surface area contributed by atoms with Gasteiger partial charge in [0.15, 0.2) is 0 Å². The van der Waals surface area contributed by atoms with Crippen LogP contribution in [-0.4, -0.2) is 56.7 Å². The summed E-state index contributed by atoms with van der Waals surface area (Å²) < 4.78 is 2.09. The zero-order valence-electron chi connectivity index (χ0n) is 15.0. The molecule has 2 aliphatic heterocycles. The second kappa shape index (κ2) is 6.90. The van der Waals surface area contributed by atoms with Crippen molar-refractivity contribution in [1.29, 1.82) is 0 Å². The first kappa shape index (κ1) is 16.8. The molecule has 3 heterocycles. The van der Waals surface area contributed by atoms with Crippen LogP contribution in [-0.2, 0) is 19.2 Å². The molecule has 5 nitrogen and oxygen atoms in total. The molecule has 0 aliphatic carbocycles. The smallest absolute Gasteiger partial charge is 0.122 e. The Bertz CT molecular complexity index is 695. The molecule has 5 heteroatoms. The van der Waals surface area contributed by atoms with E-state index in [0.717, 1.165) is 50.5 Å². The molecule has 0 radical (unpaired) electrons. The molecular weight excluding hydrogens is 312 g/mol. The highest BCUT2D eigenvalue weighted by Crippen LogP contribution is 2.37. The molecule has 2 atom stereocenters. The summed E-state index contributed by atoms with van der Waals surface area (Å²) in [6.07, 6.45) is 7.10. The Kier molecular flexibility index (Phi) is 4.63. The maximum absolute atomic E-state index is 11.7. The third-order valence-electron chi connectivity index (χ3n) is 5.93. The number of hydrogen-bond acceptors (Lipinski definition) is 4. The van der Waals surface area contributed by atoms with Crippen molar-refractivity contribution in [2.75, 3.05) is 26.2 Å². The zero-order valence-corrected chi connectivity index (χ0v) is 15.0. The Labute approximate surface area is 149 Å². The van der Waals surface area contributed by atoms with E-state index in [2.05, 4.69) is 31.5 Å².